The molecule has 0 aliphatic rings. The average Bonchev–Trinajstić information content (AvgIpc) is 2.94. The lowest BCUT2D eigenvalue weighted by molar-refractivity contribution is 0.426. The third kappa shape index (κ3) is 4.59. The van der Waals surface area contributed by atoms with Gasteiger partial charge in [0.15, 0.2) is 5.82 Å². The maximum Gasteiger partial charge on any atom is 0.181 e. The Kier molecular flexibility index (Phi) is 6.29. The van der Waals surface area contributed by atoms with Crippen molar-refractivity contribution in [3.63, 3.8) is 0 Å². The van der Waals surface area contributed by atoms with Crippen LogP contribution in [0.2, 0.25) is 5.02 Å². The molecular weight excluding hydrogens is 333 g/mol. The summed E-state index contributed by atoms with van der Waals surface area (Å²) in [6.45, 7) is 1.43. The largest absolute Gasteiger partial charge is 0.375 e. The van der Waals surface area contributed by atoms with E-state index >= 15 is 0 Å². The quantitative estimate of drug-likeness (QED) is 0.723. The lowest BCUT2D eigenvalue weighted by Gasteiger charge is -2.16. The van der Waals surface area contributed by atoms with E-state index in [0.29, 0.717) is 35.7 Å². The molecule has 0 radical (unpaired) electrons. The fourth-order valence-corrected chi connectivity index (χ4v) is 2.27. The van der Waals surface area contributed by atoms with Crippen LogP contribution in [-0.4, -0.2) is 50.0 Å². The van der Waals surface area contributed by atoms with Gasteiger partial charge in [-0.3, -0.25) is 0 Å². The predicted molar refractivity (Wildman–Crippen MR) is 86.2 cm³/mol. The summed E-state index contributed by atoms with van der Waals surface area (Å²) in [7, 11) is 0. The second-order valence-corrected chi connectivity index (χ2v) is 5.35. The Balaban J connectivity index is 2.18. The van der Waals surface area contributed by atoms with Crippen LogP contribution in [0.25, 0.3) is 11.8 Å². The molecule has 0 aliphatic carbocycles. The summed E-state index contributed by atoms with van der Waals surface area (Å²) >= 11 is 17.4. The van der Waals surface area contributed by atoms with Gasteiger partial charge in [-0.1, -0.05) is 11.6 Å². The molecule has 0 fully saturated rings. The molecule has 0 saturated carbocycles. The number of aromatic nitrogens is 4. The number of rotatable bonds is 7. The topological polar surface area (TPSA) is 46.8 Å². The fraction of sp³-hybridized carbons (Fsp3) is 0.308. The molecule has 0 N–H and O–H groups in total. The van der Waals surface area contributed by atoms with Gasteiger partial charge >= 0.3 is 0 Å². The Labute approximate surface area is 138 Å². The highest BCUT2D eigenvalue weighted by Crippen LogP contribution is 2.14. The van der Waals surface area contributed by atoms with Crippen LogP contribution in [-0.2, 0) is 0 Å². The molecule has 21 heavy (non-hydrogen) atoms. The summed E-state index contributed by atoms with van der Waals surface area (Å²) in [6.07, 6.45) is 3.72. The highest BCUT2D eigenvalue weighted by atomic mass is 35.5. The maximum absolute atomic E-state index is 5.88. The third-order valence-electron chi connectivity index (χ3n) is 2.74. The average molecular weight is 347 g/mol. The number of nitrogens with zero attached hydrogens (tertiary/aromatic N) is 5. The first-order valence-electron chi connectivity index (χ1n) is 6.33. The molecule has 1 aromatic carbocycles. The van der Waals surface area contributed by atoms with E-state index in [1.165, 1.54) is 0 Å². The van der Waals surface area contributed by atoms with Crippen molar-refractivity contribution in [3.05, 3.63) is 41.3 Å². The van der Waals surface area contributed by atoms with Crippen LogP contribution < -0.4 is 0 Å². The first kappa shape index (κ1) is 16.1. The molecule has 1 heterocycles. The standard InChI is InChI=1S/C13H14Cl3N5/c14-6-9-20(10-7-15)8-5-13-17-18-19-21(13)12-3-1-11(16)2-4-12/h1-5,8H,6-7,9-10H2/b8-5+. The lowest BCUT2D eigenvalue weighted by atomic mass is 10.3. The Bertz CT molecular complexity index is 576. The first-order valence-corrected chi connectivity index (χ1v) is 7.78. The van der Waals surface area contributed by atoms with Gasteiger partial charge in [-0.2, -0.15) is 4.68 Å². The summed E-state index contributed by atoms with van der Waals surface area (Å²) in [5.41, 5.74) is 0.838. The zero-order valence-corrected chi connectivity index (χ0v) is 13.4. The molecule has 8 heteroatoms. The summed E-state index contributed by atoms with van der Waals surface area (Å²) < 4.78 is 1.63. The van der Waals surface area contributed by atoms with Gasteiger partial charge in [0.25, 0.3) is 0 Å². The fourth-order valence-electron chi connectivity index (χ4n) is 1.71. The van der Waals surface area contributed by atoms with E-state index in [-0.39, 0.29) is 0 Å². The minimum atomic E-state index is 0.531. The van der Waals surface area contributed by atoms with Crippen molar-refractivity contribution in [1.29, 1.82) is 0 Å². The Morgan fingerprint density at radius 2 is 1.76 bits per heavy atom. The Morgan fingerprint density at radius 3 is 2.38 bits per heavy atom. The summed E-state index contributed by atoms with van der Waals surface area (Å²) in [5.74, 6) is 1.68. The van der Waals surface area contributed by atoms with Gasteiger partial charge in [0.1, 0.15) is 0 Å². The van der Waals surface area contributed by atoms with Gasteiger partial charge in [0.05, 0.1) is 5.69 Å². The molecule has 0 amide bonds. The molecule has 0 saturated heterocycles. The first-order chi connectivity index (χ1) is 10.2. The van der Waals surface area contributed by atoms with Crippen molar-refractivity contribution in [3.8, 4) is 5.69 Å². The minimum Gasteiger partial charge on any atom is -0.375 e. The zero-order chi connectivity index (χ0) is 15.1. The van der Waals surface area contributed by atoms with Crippen LogP contribution in [0.5, 0.6) is 0 Å². The predicted octanol–water partition coefficient (Wildman–Crippen LogP) is 3.07. The van der Waals surface area contributed by atoms with Crippen LogP contribution in [0.1, 0.15) is 5.82 Å². The summed E-state index contributed by atoms with van der Waals surface area (Å²) in [5, 5.41) is 12.3. The third-order valence-corrected chi connectivity index (χ3v) is 3.33. The van der Waals surface area contributed by atoms with Gasteiger partial charge in [-0.15, -0.1) is 28.3 Å². The SMILES string of the molecule is ClCCN(/C=C/c1nnnn1-c1ccc(Cl)cc1)CCCl. The second kappa shape index (κ2) is 8.22. The Hall–Kier alpha value is -1.30. The van der Waals surface area contributed by atoms with Gasteiger partial charge in [-0.25, -0.2) is 0 Å². The van der Waals surface area contributed by atoms with Gasteiger partial charge in [0, 0.05) is 42.1 Å². The molecule has 0 unspecified atom stereocenters. The van der Waals surface area contributed by atoms with Crippen molar-refractivity contribution in [2.75, 3.05) is 24.8 Å². The van der Waals surface area contributed by atoms with Crippen molar-refractivity contribution in [1.82, 2.24) is 25.1 Å². The number of tetrazole rings is 1. The van der Waals surface area contributed by atoms with Gasteiger partial charge < -0.3 is 4.90 Å². The van der Waals surface area contributed by atoms with E-state index in [9.17, 15) is 0 Å². The molecule has 0 spiro atoms. The number of benzene rings is 1. The molecule has 1 aromatic heterocycles. The number of halogens is 3. The molecule has 2 aromatic rings. The van der Waals surface area contributed by atoms with E-state index in [1.807, 2.05) is 29.3 Å². The van der Waals surface area contributed by atoms with Crippen molar-refractivity contribution < 1.29 is 0 Å². The van der Waals surface area contributed by atoms with Crippen molar-refractivity contribution in [2.24, 2.45) is 0 Å². The lowest BCUT2D eigenvalue weighted by Crippen LogP contribution is -2.21. The van der Waals surface area contributed by atoms with E-state index in [0.717, 1.165) is 5.69 Å². The zero-order valence-electron chi connectivity index (χ0n) is 11.2. The van der Waals surface area contributed by atoms with E-state index < -0.39 is 0 Å². The smallest absolute Gasteiger partial charge is 0.181 e. The molecule has 2 rings (SSSR count). The second-order valence-electron chi connectivity index (χ2n) is 4.15. The monoisotopic (exact) mass is 345 g/mol. The van der Waals surface area contributed by atoms with Crippen LogP contribution in [0.15, 0.2) is 30.5 Å². The minimum absolute atomic E-state index is 0.531. The van der Waals surface area contributed by atoms with Crippen LogP contribution in [0.4, 0.5) is 0 Å². The van der Waals surface area contributed by atoms with Crippen LogP contribution in [0.3, 0.4) is 0 Å². The van der Waals surface area contributed by atoms with E-state index in [2.05, 4.69) is 15.5 Å². The highest BCUT2D eigenvalue weighted by Gasteiger charge is 2.06. The van der Waals surface area contributed by atoms with Gasteiger partial charge in [-0.05, 0) is 34.7 Å². The molecule has 0 bridgehead atoms. The van der Waals surface area contributed by atoms with Crippen LogP contribution in [0, 0.1) is 0 Å². The number of hydrogen-bond acceptors (Lipinski definition) is 4. The molecule has 112 valence electrons. The number of alkyl halides is 2. The molecule has 0 aliphatic heterocycles. The van der Waals surface area contributed by atoms with Crippen molar-refractivity contribution >= 4 is 40.9 Å². The van der Waals surface area contributed by atoms with Crippen molar-refractivity contribution in [2.45, 2.75) is 0 Å². The normalized spacial score (nSPS) is 11.2. The maximum atomic E-state index is 5.88. The van der Waals surface area contributed by atoms with E-state index in [1.54, 1.807) is 16.8 Å². The molecule has 5 nitrogen and oxygen atoms in total. The summed E-state index contributed by atoms with van der Waals surface area (Å²) in [4.78, 5) is 2.01. The Morgan fingerprint density at radius 1 is 1.10 bits per heavy atom. The van der Waals surface area contributed by atoms with Crippen LogP contribution >= 0.6 is 34.8 Å². The molecule has 0 atom stereocenters. The molecular formula is C13H14Cl3N5. The highest BCUT2D eigenvalue weighted by molar-refractivity contribution is 6.30. The van der Waals surface area contributed by atoms with E-state index in [4.69, 9.17) is 34.8 Å². The summed E-state index contributed by atoms with van der Waals surface area (Å²) in [6, 6.07) is 7.29. The number of hydrogen-bond donors (Lipinski definition) is 0. The van der Waals surface area contributed by atoms with Gasteiger partial charge in [0.2, 0.25) is 0 Å².